The molecule has 2 atom stereocenters. The van der Waals surface area contributed by atoms with E-state index in [4.69, 9.17) is 9.52 Å². The number of aliphatic hydroxyl groups excluding tert-OH is 1. The summed E-state index contributed by atoms with van der Waals surface area (Å²) >= 11 is 0. The first kappa shape index (κ1) is 23.1. The van der Waals surface area contributed by atoms with Gasteiger partial charge in [0.2, 0.25) is 5.95 Å². The molecule has 2 aromatic carbocycles. The minimum atomic E-state index is -2.77. The Balaban J connectivity index is 1.86. The number of hydrogen-bond donors (Lipinski definition) is 4. The first-order chi connectivity index (χ1) is 15.3. The van der Waals surface area contributed by atoms with Gasteiger partial charge in [-0.1, -0.05) is 11.8 Å². The molecule has 0 spiro atoms. The predicted octanol–water partition coefficient (Wildman–Crippen LogP) is 3.46. The van der Waals surface area contributed by atoms with Gasteiger partial charge in [0.15, 0.2) is 0 Å². The SMILES string of the molecule is COc1ccc(C#Cc2cnc(Nc3ccc(S(C)(=N)=O)cc3)nc2N[C@H](C)CO)cc1. The largest absolute Gasteiger partial charge is 0.497 e. The number of anilines is 3. The Kier molecular flexibility index (Phi) is 7.30. The molecule has 0 saturated heterocycles. The van der Waals surface area contributed by atoms with Gasteiger partial charge in [-0.2, -0.15) is 4.98 Å². The van der Waals surface area contributed by atoms with Crippen LogP contribution in [0, 0.1) is 16.6 Å². The van der Waals surface area contributed by atoms with Crippen LogP contribution >= 0.6 is 0 Å². The second kappa shape index (κ2) is 10.1. The van der Waals surface area contributed by atoms with Gasteiger partial charge in [-0.25, -0.2) is 14.0 Å². The van der Waals surface area contributed by atoms with Crippen LogP contribution in [0.1, 0.15) is 18.1 Å². The Morgan fingerprint density at radius 3 is 2.44 bits per heavy atom. The summed E-state index contributed by atoms with van der Waals surface area (Å²) in [5.41, 5.74) is 2.09. The van der Waals surface area contributed by atoms with E-state index >= 15 is 0 Å². The topological polar surface area (TPSA) is 120 Å². The van der Waals surface area contributed by atoms with Gasteiger partial charge >= 0.3 is 0 Å². The van der Waals surface area contributed by atoms with Gasteiger partial charge < -0.3 is 20.5 Å². The molecule has 0 aliphatic carbocycles. The molecule has 166 valence electrons. The predicted molar refractivity (Wildman–Crippen MR) is 126 cm³/mol. The van der Waals surface area contributed by atoms with E-state index < -0.39 is 9.73 Å². The van der Waals surface area contributed by atoms with E-state index in [1.165, 1.54) is 6.26 Å². The lowest BCUT2D eigenvalue weighted by atomic mass is 10.2. The Labute approximate surface area is 188 Å². The van der Waals surface area contributed by atoms with Gasteiger partial charge in [0.1, 0.15) is 11.6 Å². The van der Waals surface area contributed by atoms with Crippen molar-refractivity contribution in [2.45, 2.75) is 17.9 Å². The van der Waals surface area contributed by atoms with E-state index in [2.05, 4.69) is 32.4 Å². The Hall–Kier alpha value is -3.61. The van der Waals surface area contributed by atoms with Crippen LogP contribution in [0.15, 0.2) is 59.6 Å². The van der Waals surface area contributed by atoms with Crippen LogP contribution in [0.5, 0.6) is 5.75 Å². The number of aromatic nitrogens is 2. The number of benzene rings is 2. The van der Waals surface area contributed by atoms with Gasteiger partial charge in [0.25, 0.3) is 0 Å². The van der Waals surface area contributed by atoms with Crippen molar-refractivity contribution < 1.29 is 14.1 Å². The Morgan fingerprint density at radius 2 is 1.84 bits per heavy atom. The van der Waals surface area contributed by atoms with Crippen LogP contribution in [0.4, 0.5) is 17.5 Å². The molecule has 0 bridgehead atoms. The number of rotatable bonds is 7. The van der Waals surface area contributed by atoms with Crippen molar-refractivity contribution in [2.75, 3.05) is 30.6 Å². The lowest BCUT2D eigenvalue weighted by Gasteiger charge is -2.14. The molecule has 0 radical (unpaired) electrons. The fourth-order valence-corrected chi connectivity index (χ4v) is 3.32. The summed E-state index contributed by atoms with van der Waals surface area (Å²) in [5, 5.41) is 15.7. The molecular formula is C23H25N5O3S. The van der Waals surface area contributed by atoms with Crippen LogP contribution in [0.25, 0.3) is 0 Å². The van der Waals surface area contributed by atoms with Crippen molar-refractivity contribution in [2.24, 2.45) is 0 Å². The first-order valence-electron chi connectivity index (χ1n) is 9.80. The summed E-state index contributed by atoms with van der Waals surface area (Å²) in [5.74, 6) is 7.73. The summed E-state index contributed by atoms with van der Waals surface area (Å²) in [7, 11) is -1.16. The van der Waals surface area contributed by atoms with Gasteiger partial charge in [0, 0.05) is 28.4 Å². The number of aliphatic hydroxyl groups is 1. The molecule has 3 aromatic rings. The van der Waals surface area contributed by atoms with Crippen molar-refractivity contribution in [1.29, 1.82) is 4.78 Å². The van der Waals surface area contributed by atoms with Gasteiger partial charge in [-0.05, 0) is 55.5 Å². The minimum Gasteiger partial charge on any atom is -0.497 e. The fourth-order valence-electron chi connectivity index (χ4n) is 2.66. The van der Waals surface area contributed by atoms with Gasteiger partial charge in [0.05, 0.1) is 35.2 Å². The maximum atomic E-state index is 11.8. The smallest absolute Gasteiger partial charge is 0.229 e. The maximum absolute atomic E-state index is 11.8. The number of methoxy groups -OCH3 is 1. The van der Waals surface area contributed by atoms with E-state index in [1.54, 1.807) is 37.6 Å². The Bertz CT molecular complexity index is 1230. The van der Waals surface area contributed by atoms with Gasteiger partial charge in [-0.3, -0.25) is 0 Å². The van der Waals surface area contributed by atoms with E-state index in [-0.39, 0.29) is 12.6 Å². The summed E-state index contributed by atoms with van der Waals surface area (Å²) in [6.45, 7) is 1.76. The Morgan fingerprint density at radius 1 is 1.16 bits per heavy atom. The molecule has 9 heteroatoms. The third-order valence-electron chi connectivity index (χ3n) is 4.44. The molecule has 1 aromatic heterocycles. The average molecular weight is 452 g/mol. The normalized spacial score (nSPS) is 13.2. The van der Waals surface area contributed by atoms with Crippen LogP contribution < -0.4 is 15.4 Å². The molecule has 0 aliphatic heterocycles. The molecule has 1 heterocycles. The first-order valence-corrected chi connectivity index (χ1v) is 11.8. The summed E-state index contributed by atoms with van der Waals surface area (Å²) in [4.78, 5) is 9.30. The zero-order chi connectivity index (χ0) is 23.1. The quantitative estimate of drug-likeness (QED) is 0.406. The van der Waals surface area contributed by atoms with Crippen LogP contribution in [0.2, 0.25) is 0 Å². The molecule has 0 saturated carbocycles. The number of ether oxygens (including phenoxy) is 1. The third-order valence-corrected chi connectivity index (χ3v) is 5.61. The van der Waals surface area contributed by atoms with Crippen molar-refractivity contribution in [3.05, 3.63) is 65.9 Å². The molecular weight excluding hydrogens is 426 g/mol. The highest BCUT2D eigenvalue weighted by atomic mass is 32.2. The van der Waals surface area contributed by atoms with Crippen LogP contribution in [0.3, 0.4) is 0 Å². The molecule has 1 unspecified atom stereocenters. The summed E-state index contributed by atoms with van der Waals surface area (Å²) in [6.07, 6.45) is 2.99. The number of nitrogens with one attached hydrogen (secondary N) is 3. The maximum Gasteiger partial charge on any atom is 0.229 e. The highest BCUT2D eigenvalue weighted by Crippen LogP contribution is 2.20. The molecule has 0 fully saturated rings. The molecule has 8 nitrogen and oxygen atoms in total. The van der Waals surface area contributed by atoms with Crippen molar-refractivity contribution >= 4 is 27.2 Å². The third kappa shape index (κ3) is 6.20. The van der Waals surface area contributed by atoms with Crippen LogP contribution in [-0.4, -0.2) is 45.3 Å². The molecule has 32 heavy (non-hydrogen) atoms. The highest BCUT2D eigenvalue weighted by molar-refractivity contribution is 7.91. The molecule has 4 N–H and O–H groups in total. The fraction of sp³-hybridized carbons (Fsp3) is 0.217. The lowest BCUT2D eigenvalue weighted by Crippen LogP contribution is -2.21. The summed E-state index contributed by atoms with van der Waals surface area (Å²) < 4.78 is 24.7. The average Bonchev–Trinajstić information content (AvgIpc) is 2.78. The van der Waals surface area contributed by atoms with E-state index in [1.807, 2.05) is 31.2 Å². The monoisotopic (exact) mass is 451 g/mol. The minimum absolute atomic E-state index is 0.0665. The zero-order valence-corrected chi connectivity index (χ0v) is 18.9. The van der Waals surface area contributed by atoms with Crippen molar-refractivity contribution in [3.8, 4) is 17.6 Å². The molecule has 0 amide bonds. The van der Waals surface area contributed by atoms with Crippen molar-refractivity contribution in [1.82, 2.24) is 9.97 Å². The highest BCUT2D eigenvalue weighted by Gasteiger charge is 2.10. The second-order valence-electron chi connectivity index (χ2n) is 7.16. The van der Waals surface area contributed by atoms with E-state index in [0.29, 0.717) is 27.9 Å². The molecule has 3 rings (SSSR count). The number of nitrogens with zero attached hydrogens (tertiary/aromatic N) is 2. The standard InChI is InChI=1S/C23H25N5O3S/c1-16(15-29)26-22-18(7-4-17-5-10-20(31-2)11-6-17)14-25-23(28-22)27-19-8-12-21(13-9-19)32(3,24)30/h5-6,8-14,16,24,29H,15H2,1-3H3,(H2,25,26,27,28)/t16-,32?/m1/s1. The summed E-state index contributed by atoms with van der Waals surface area (Å²) in [6, 6.07) is 13.9. The van der Waals surface area contributed by atoms with Crippen molar-refractivity contribution in [3.63, 3.8) is 0 Å². The van der Waals surface area contributed by atoms with E-state index in [0.717, 1.165) is 11.3 Å². The zero-order valence-electron chi connectivity index (χ0n) is 18.0. The number of hydrogen-bond acceptors (Lipinski definition) is 8. The second-order valence-corrected chi connectivity index (χ2v) is 9.31. The van der Waals surface area contributed by atoms with E-state index in [9.17, 15) is 9.32 Å². The van der Waals surface area contributed by atoms with Gasteiger partial charge in [-0.15, -0.1) is 0 Å². The van der Waals surface area contributed by atoms with Crippen LogP contribution in [-0.2, 0) is 9.73 Å². The lowest BCUT2D eigenvalue weighted by molar-refractivity contribution is 0.281. The molecule has 0 aliphatic rings.